The quantitative estimate of drug-likeness (QED) is 0.601. The van der Waals surface area contributed by atoms with Gasteiger partial charge in [0.15, 0.2) is 6.39 Å². The summed E-state index contributed by atoms with van der Waals surface area (Å²) in [4.78, 5) is 17.9. The van der Waals surface area contributed by atoms with Crippen LogP contribution in [-0.2, 0) is 17.5 Å². The molecule has 0 spiro atoms. The zero-order chi connectivity index (χ0) is 17.3. The Labute approximate surface area is 144 Å². The maximum Gasteiger partial charge on any atom is 0.416 e. The molecule has 1 aromatic heterocycles. The first-order valence-electron chi connectivity index (χ1n) is 6.64. The van der Waals surface area contributed by atoms with Crippen LogP contribution in [0.2, 0.25) is 0 Å². The van der Waals surface area contributed by atoms with E-state index in [1.54, 1.807) is 0 Å². The molecule has 1 fully saturated rings. The van der Waals surface area contributed by atoms with E-state index in [4.69, 9.17) is 16.6 Å². The molecule has 1 aliphatic rings. The smallest absolute Gasteiger partial charge is 0.416 e. The van der Waals surface area contributed by atoms with Crippen molar-refractivity contribution in [3.05, 3.63) is 58.6 Å². The Morgan fingerprint density at radius 2 is 2.17 bits per heavy atom. The largest absolute Gasteiger partial charge is 0.451 e. The van der Waals surface area contributed by atoms with Crippen LogP contribution in [0, 0.1) is 0 Å². The van der Waals surface area contributed by atoms with E-state index in [0.717, 1.165) is 23.9 Å². The minimum Gasteiger partial charge on any atom is -0.451 e. The lowest BCUT2D eigenvalue weighted by molar-refractivity contribution is -0.137. The molecule has 4 nitrogen and oxygen atoms in total. The number of benzene rings is 1. The molecule has 2 aromatic rings. The molecule has 24 heavy (non-hydrogen) atoms. The van der Waals surface area contributed by atoms with Crippen molar-refractivity contribution in [1.82, 2.24) is 9.88 Å². The van der Waals surface area contributed by atoms with Crippen molar-refractivity contribution in [3.8, 4) is 0 Å². The van der Waals surface area contributed by atoms with E-state index in [9.17, 15) is 18.0 Å². The third-order valence-corrected chi connectivity index (χ3v) is 4.58. The summed E-state index contributed by atoms with van der Waals surface area (Å²) < 4.78 is 43.4. The average molecular weight is 370 g/mol. The molecular weight excluding hydrogens is 361 g/mol. The van der Waals surface area contributed by atoms with E-state index in [0.29, 0.717) is 16.2 Å². The molecule has 9 heteroatoms. The lowest BCUT2D eigenvalue weighted by Gasteiger charge is -2.15. The van der Waals surface area contributed by atoms with E-state index >= 15 is 0 Å². The first-order chi connectivity index (χ1) is 11.3. The molecule has 0 atom stereocenters. The predicted molar refractivity (Wildman–Crippen MR) is 86.7 cm³/mol. The Morgan fingerprint density at radius 1 is 1.38 bits per heavy atom. The van der Waals surface area contributed by atoms with Crippen LogP contribution in [0.1, 0.15) is 16.8 Å². The number of rotatable bonds is 3. The molecule has 1 aromatic carbocycles. The molecule has 3 rings (SSSR count). The Morgan fingerprint density at radius 3 is 2.83 bits per heavy atom. The topological polar surface area (TPSA) is 46.3 Å². The molecule has 0 radical (unpaired) electrons. The fraction of sp³-hybridized carbons (Fsp3) is 0.133. The van der Waals surface area contributed by atoms with Crippen LogP contribution < -0.4 is 0 Å². The maximum absolute atomic E-state index is 12.8. The molecule has 0 bridgehead atoms. The average Bonchev–Trinajstić information content (AvgIpc) is 3.11. The van der Waals surface area contributed by atoms with Gasteiger partial charge in [-0.05, 0) is 23.8 Å². The predicted octanol–water partition coefficient (Wildman–Crippen LogP) is 4.09. The normalized spacial score (nSPS) is 17.1. The standard InChI is InChI=1S/C15H9F3N2O2S2/c16-15(17,18)10-3-1-2-9(4-10)6-20-13(21)12(24-14(20)23)5-11-7-22-8-19-11/h1-5,7-8H,6H2/b12-5-. The summed E-state index contributed by atoms with van der Waals surface area (Å²) in [6.45, 7) is -0.0231. The summed E-state index contributed by atoms with van der Waals surface area (Å²) in [6, 6.07) is 4.83. The first-order valence-corrected chi connectivity index (χ1v) is 7.87. The van der Waals surface area contributed by atoms with Gasteiger partial charge >= 0.3 is 6.18 Å². The number of halogens is 3. The fourth-order valence-corrected chi connectivity index (χ4v) is 3.33. The van der Waals surface area contributed by atoms with Gasteiger partial charge in [0.25, 0.3) is 5.91 Å². The van der Waals surface area contributed by atoms with Crippen molar-refractivity contribution >= 4 is 40.3 Å². The number of hydrogen-bond acceptors (Lipinski definition) is 5. The van der Waals surface area contributed by atoms with Crippen LogP contribution in [0.5, 0.6) is 0 Å². The van der Waals surface area contributed by atoms with Crippen molar-refractivity contribution in [3.63, 3.8) is 0 Å². The van der Waals surface area contributed by atoms with Gasteiger partial charge in [-0.15, -0.1) is 0 Å². The minimum absolute atomic E-state index is 0.0231. The van der Waals surface area contributed by atoms with E-state index in [1.807, 2.05) is 0 Å². The molecule has 1 saturated heterocycles. The highest BCUT2D eigenvalue weighted by atomic mass is 32.2. The summed E-state index contributed by atoms with van der Waals surface area (Å²) in [7, 11) is 0. The van der Waals surface area contributed by atoms with Crippen molar-refractivity contribution in [2.24, 2.45) is 0 Å². The highest BCUT2D eigenvalue weighted by Crippen LogP contribution is 2.34. The van der Waals surface area contributed by atoms with E-state index in [-0.39, 0.29) is 16.8 Å². The van der Waals surface area contributed by atoms with Crippen LogP contribution in [0.15, 0.2) is 46.2 Å². The van der Waals surface area contributed by atoms with E-state index < -0.39 is 11.7 Å². The third kappa shape index (κ3) is 3.51. The number of amides is 1. The molecule has 0 aliphatic carbocycles. The number of thiocarbonyl (C=S) groups is 1. The zero-order valence-corrected chi connectivity index (χ0v) is 13.5. The van der Waals surface area contributed by atoms with Gasteiger partial charge in [-0.3, -0.25) is 9.69 Å². The second-order valence-corrected chi connectivity index (χ2v) is 6.56. The Bertz CT molecular complexity index is 816. The Kier molecular flexibility index (Phi) is 4.46. The number of thioether (sulfide) groups is 1. The lowest BCUT2D eigenvalue weighted by Crippen LogP contribution is -2.27. The van der Waals surface area contributed by atoms with Crippen molar-refractivity contribution in [2.75, 3.05) is 0 Å². The number of carbonyl (C=O) groups excluding carboxylic acids is 1. The molecule has 0 N–H and O–H groups in total. The number of carbonyl (C=O) groups is 1. The van der Waals surface area contributed by atoms with Crippen molar-refractivity contribution in [2.45, 2.75) is 12.7 Å². The maximum atomic E-state index is 12.8. The second-order valence-electron chi connectivity index (χ2n) is 4.88. The summed E-state index contributed by atoms with van der Waals surface area (Å²) in [5, 5.41) is 0. The van der Waals surface area contributed by atoms with E-state index in [2.05, 4.69) is 4.98 Å². The summed E-state index contributed by atoms with van der Waals surface area (Å²) >= 11 is 6.23. The van der Waals surface area contributed by atoms with Crippen LogP contribution in [-0.4, -0.2) is 20.1 Å². The molecule has 1 aliphatic heterocycles. The first kappa shape index (κ1) is 16.7. The van der Waals surface area contributed by atoms with Gasteiger partial charge < -0.3 is 4.42 Å². The Hall–Kier alpha value is -2.13. The second kappa shape index (κ2) is 6.40. The van der Waals surface area contributed by atoms with Crippen LogP contribution in [0.4, 0.5) is 13.2 Å². The molecule has 124 valence electrons. The highest BCUT2D eigenvalue weighted by Gasteiger charge is 2.34. The molecule has 2 heterocycles. The summed E-state index contributed by atoms with van der Waals surface area (Å²) in [5.41, 5.74) is 0.0574. The molecule has 0 saturated carbocycles. The third-order valence-electron chi connectivity index (χ3n) is 3.20. The van der Waals surface area contributed by atoms with Gasteiger partial charge in [0.2, 0.25) is 0 Å². The molecular formula is C15H9F3N2O2S2. The van der Waals surface area contributed by atoms with Crippen LogP contribution in [0.3, 0.4) is 0 Å². The van der Waals surface area contributed by atoms with Gasteiger partial charge in [-0.2, -0.15) is 13.2 Å². The van der Waals surface area contributed by atoms with Gasteiger partial charge in [0.1, 0.15) is 16.3 Å². The lowest BCUT2D eigenvalue weighted by atomic mass is 10.1. The van der Waals surface area contributed by atoms with Gasteiger partial charge in [0, 0.05) is 0 Å². The number of nitrogens with zero attached hydrogens (tertiary/aromatic N) is 2. The van der Waals surface area contributed by atoms with E-state index in [1.165, 1.54) is 35.8 Å². The van der Waals surface area contributed by atoms with Crippen LogP contribution in [0.25, 0.3) is 6.08 Å². The summed E-state index contributed by atoms with van der Waals surface area (Å²) in [6.07, 6.45) is -0.304. The number of hydrogen-bond donors (Lipinski definition) is 0. The minimum atomic E-state index is -4.43. The van der Waals surface area contributed by atoms with Gasteiger partial charge in [0.05, 0.1) is 17.0 Å². The molecule has 1 amide bonds. The fourth-order valence-electron chi connectivity index (χ4n) is 2.09. The van der Waals surface area contributed by atoms with Crippen molar-refractivity contribution in [1.29, 1.82) is 0 Å². The number of aromatic nitrogens is 1. The highest BCUT2D eigenvalue weighted by molar-refractivity contribution is 8.26. The van der Waals surface area contributed by atoms with Crippen molar-refractivity contribution < 1.29 is 22.4 Å². The number of oxazole rings is 1. The monoisotopic (exact) mass is 370 g/mol. The van der Waals surface area contributed by atoms with Gasteiger partial charge in [-0.1, -0.05) is 36.1 Å². The molecule has 0 unspecified atom stereocenters. The zero-order valence-electron chi connectivity index (χ0n) is 11.9. The number of alkyl halides is 3. The SMILES string of the molecule is O=C1/C(=C/c2cocn2)SC(=S)N1Cc1cccc(C(F)(F)F)c1. The van der Waals surface area contributed by atoms with Crippen LogP contribution >= 0.6 is 24.0 Å². The Balaban J connectivity index is 1.81. The summed E-state index contributed by atoms with van der Waals surface area (Å²) in [5.74, 6) is -0.370. The van der Waals surface area contributed by atoms with Gasteiger partial charge in [-0.25, -0.2) is 4.98 Å².